The van der Waals surface area contributed by atoms with Gasteiger partial charge in [0.2, 0.25) is 11.9 Å². The highest BCUT2D eigenvalue weighted by atomic mass is 16.9. The van der Waals surface area contributed by atoms with E-state index in [1.165, 1.54) is 14.0 Å². The van der Waals surface area contributed by atoms with Crippen molar-refractivity contribution in [3.05, 3.63) is 0 Å². The molecule has 0 aromatic carbocycles. The highest BCUT2D eigenvalue weighted by Gasteiger charge is 3.05. The van der Waals surface area contributed by atoms with E-state index in [9.17, 15) is 14.4 Å². The number of methoxy groups -OCH3 is 1. The Morgan fingerprint density at radius 3 is 2.63 bits per heavy atom. The second kappa shape index (κ2) is 5.35. The highest BCUT2D eigenvalue weighted by Crippen LogP contribution is 2.86. The normalized spacial score (nSPS) is 53.8. The van der Waals surface area contributed by atoms with E-state index in [4.69, 9.17) is 33.2 Å². The Balaban J connectivity index is 1.59. The Morgan fingerprint density at radius 2 is 1.97 bits per heavy atom. The lowest BCUT2D eigenvalue weighted by Gasteiger charge is -2.45. The van der Waals surface area contributed by atoms with Crippen molar-refractivity contribution in [2.75, 3.05) is 13.9 Å². The van der Waals surface area contributed by atoms with Crippen molar-refractivity contribution in [2.45, 2.75) is 69.6 Å². The third-order valence-electron chi connectivity index (χ3n) is 8.25. The molecule has 1 unspecified atom stereocenters. The van der Waals surface area contributed by atoms with Gasteiger partial charge >= 0.3 is 17.9 Å². The molecule has 0 aromatic rings. The van der Waals surface area contributed by atoms with Gasteiger partial charge in [0, 0.05) is 14.0 Å². The van der Waals surface area contributed by atoms with E-state index in [-0.39, 0.29) is 18.6 Å². The molecule has 2 saturated carbocycles. The summed E-state index contributed by atoms with van der Waals surface area (Å²) in [5, 5.41) is 0. The maximum atomic E-state index is 13.3. The van der Waals surface area contributed by atoms with Crippen LogP contribution in [-0.4, -0.2) is 67.8 Å². The minimum Gasteiger partial charge on any atom is -0.459 e. The molecule has 6 aliphatic rings. The van der Waals surface area contributed by atoms with Gasteiger partial charge in [-0.1, -0.05) is 13.8 Å². The molecule has 4 saturated heterocycles. The Kier molecular flexibility index (Phi) is 3.38. The summed E-state index contributed by atoms with van der Waals surface area (Å²) in [6, 6.07) is 0. The molecule has 164 valence electrons. The number of carbonyl (C=O) groups excluding carboxylic acids is 3. The van der Waals surface area contributed by atoms with Gasteiger partial charge in [0.25, 0.3) is 5.79 Å². The number of rotatable bonds is 5. The van der Waals surface area contributed by atoms with Crippen molar-refractivity contribution in [1.82, 2.24) is 0 Å². The summed E-state index contributed by atoms with van der Waals surface area (Å²) in [7, 11) is 1.47. The van der Waals surface area contributed by atoms with Crippen LogP contribution in [0.2, 0.25) is 0 Å². The first-order chi connectivity index (χ1) is 14.2. The van der Waals surface area contributed by atoms with Gasteiger partial charge in [-0.3, -0.25) is 4.79 Å². The third kappa shape index (κ3) is 1.57. The van der Waals surface area contributed by atoms with Crippen LogP contribution in [0.25, 0.3) is 0 Å². The van der Waals surface area contributed by atoms with Gasteiger partial charge < -0.3 is 33.2 Å². The smallest absolute Gasteiger partial charge is 0.346 e. The average Bonchev–Trinajstić information content (AvgIpc) is 2.89. The number of epoxide rings is 1. The first kappa shape index (κ1) is 19.0. The zero-order chi connectivity index (χ0) is 21.3. The lowest BCUT2D eigenvalue weighted by atomic mass is 9.54. The largest absolute Gasteiger partial charge is 0.459 e. The van der Waals surface area contributed by atoms with Crippen LogP contribution in [0.4, 0.5) is 0 Å². The lowest BCUT2D eigenvalue weighted by molar-refractivity contribution is -0.238. The predicted molar refractivity (Wildman–Crippen MR) is 92.1 cm³/mol. The quantitative estimate of drug-likeness (QED) is 0.263. The van der Waals surface area contributed by atoms with Gasteiger partial charge in [-0.2, -0.15) is 0 Å². The number of esters is 3. The number of ether oxygens (including phenoxy) is 7. The molecule has 0 N–H and O–H groups in total. The van der Waals surface area contributed by atoms with Gasteiger partial charge in [-0.25, -0.2) is 9.59 Å². The third-order valence-corrected chi connectivity index (χ3v) is 8.25. The molecule has 6 rings (SSSR count). The molecule has 30 heavy (non-hydrogen) atoms. The summed E-state index contributed by atoms with van der Waals surface area (Å²) in [5.41, 5.74) is -3.65. The molecule has 0 bridgehead atoms. The van der Waals surface area contributed by atoms with E-state index in [0.29, 0.717) is 12.8 Å². The fraction of sp³-hybridized carbons (Fsp3) is 0.850. The van der Waals surface area contributed by atoms with Crippen molar-refractivity contribution in [2.24, 2.45) is 22.7 Å². The number of hydrogen-bond donors (Lipinski definition) is 0. The summed E-state index contributed by atoms with van der Waals surface area (Å²) in [4.78, 5) is 38.2. The summed E-state index contributed by atoms with van der Waals surface area (Å²) in [6.45, 7) is 5.26. The van der Waals surface area contributed by atoms with Crippen LogP contribution in [0.3, 0.4) is 0 Å². The number of fused-ring (bicyclic) bond motifs is 1. The second-order valence-corrected chi connectivity index (χ2v) is 9.48. The lowest BCUT2D eigenvalue weighted by Crippen LogP contribution is -2.62. The zero-order valence-electron chi connectivity index (χ0n) is 17.2. The average molecular weight is 424 g/mol. The van der Waals surface area contributed by atoms with Crippen LogP contribution < -0.4 is 0 Å². The van der Waals surface area contributed by atoms with E-state index >= 15 is 0 Å². The van der Waals surface area contributed by atoms with Crippen molar-refractivity contribution in [3.8, 4) is 0 Å². The van der Waals surface area contributed by atoms with E-state index < -0.39 is 64.7 Å². The van der Waals surface area contributed by atoms with Crippen LogP contribution in [-0.2, 0) is 47.5 Å². The number of hydrogen-bond acceptors (Lipinski definition) is 10. The maximum Gasteiger partial charge on any atom is 0.346 e. The molecule has 0 amide bonds. The van der Waals surface area contributed by atoms with Crippen LogP contribution in [0.5, 0.6) is 0 Å². The summed E-state index contributed by atoms with van der Waals surface area (Å²) in [6.07, 6.45) is -2.18. The molecule has 6 fully saturated rings. The Morgan fingerprint density at radius 1 is 1.20 bits per heavy atom. The second-order valence-electron chi connectivity index (χ2n) is 9.48. The zero-order valence-corrected chi connectivity index (χ0v) is 17.2. The van der Waals surface area contributed by atoms with E-state index in [0.717, 1.165) is 0 Å². The molecule has 2 aliphatic carbocycles. The van der Waals surface area contributed by atoms with Crippen LogP contribution >= 0.6 is 0 Å². The van der Waals surface area contributed by atoms with Crippen molar-refractivity contribution in [1.29, 1.82) is 0 Å². The van der Waals surface area contributed by atoms with Gasteiger partial charge in [0.15, 0.2) is 6.10 Å². The van der Waals surface area contributed by atoms with E-state index in [2.05, 4.69) is 13.8 Å². The molecule has 10 nitrogen and oxygen atoms in total. The van der Waals surface area contributed by atoms with Crippen molar-refractivity contribution >= 4 is 17.9 Å². The van der Waals surface area contributed by atoms with Crippen LogP contribution in [0, 0.1) is 22.7 Å². The Hall–Kier alpha value is -1.75. The highest BCUT2D eigenvalue weighted by molar-refractivity contribution is 5.91. The number of carbonyl (C=O) groups is 3. The Bertz CT molecular complexity index is 872. The molecule has 0 aromatic heterocycles. The summed E-state index contributed by atoms with van der Waals surface area (Å²) >= 11 is 0. The molecular weight excluding hydrogens is 400 g/mol. The Labute approximate surface area is 172 Å². The van der Waals surface area contributed by atoms with E-state index in [1.807, 2.05) is 0 Å². The molecular formula is C20H24O10. The molecule has 2 spiro atoms. The predicted octanol–water partition coefficient (Wildman–Crippen LogP) is 0.263. The van der Waals surface area contributed by atoms with Crippen LogP contribution in [0.15, 0.2) is 0 Å². The molecule has 0 radical (unpaired) electrons. The van der Waals surface area contributed by atoms with Gasteiger partial charge in [-0.05, 0) is 24.7 Å². The van der Waals surface area contributed by atoms with Crippen molar-refractivity contribution < 1.29 is 47.5 Å². The van der Waals surface area contributed by atoms with Crippen molar-refractivity contribution in [3.63, 3.8) is 0 Å². The fourth-order valence-electron chi connectivity index (χ4n) is 7.63. The van der Waals surface area contributed by atoms with E-state index in [1.54, 1.807) is 0 Å². The summed E-state index contributed by atoms with van der Waals surface area (Å²) < 4.78 is 40.2. The fourth-order valence-corrected chi connectivity index (χ4v) is 7.63. The minimum atomic E-state index is -1.69. The molecule has 9 atom stereocenters. The minimum absolute atomic E-state index is 0.0948. The topological polar surface area (TPSA) is 119 Å². The summed E-state index contributed by atoms with van der Waals surface area (Å²) in [5.74, 6) is -3.30. The van der Waals surface area contributed by atoms with Crippen LogP contribution in [0.1, 0.15) is 33.6 Å². The molecule has 4 heterocycles. The van der Waals surface area contributed by atoms with Gasteiger partial charge in [0.1, 0.15) is 19.0 Å². The van der Waals surface area contributed by atoms with Gasteiger partial charge in [0.05, 0.1) is 10.8 Å². The molecule has 10 heteroatoms. The molecule has 4 aliphatic heterocycles. The van der Waals surface area contributed by atoms with Gasteiger partial charge in [-0.15, -0.1) is 0 Å². The first-order valence-electron chi connectivity index (χ1n) is 10.3. The monoisotopic (exact) mass is 424 g/mol. The standard InChI is InChI=1S/C20H24O10/c1-8(2)10-5-11-17-6-12-20(29-12,28-9(3)21)19(17,15(23)26-11)30-16-18(10,17)13(14(22)27-16)25-7-24-4/h8,10-13,16H,5-7H2,1-4H3/t10-,11-,12-,13+,16?,17-,18+,19-,20-/m1/s1. The first-order valence-corrected chi connectivity index (χ1v) is 10.3. The maximum absolute atomic E-state index is 13.3. The SMILES string of the molecule is COCO[C@H]1C(=O)OC2O[C@]34C(=O)O[C@@H]5C[C@H](C(C)C)[C@@]21[C@@]53C[C@H]1O[C@]14OC(C)=O.